The van der Waals surface area contributed by atoms with Crippen molar-refractivity contribution in [2.24, 2.45) is 11.8 Å². The second-order valence-corrected chi connectivity index (χ2v) is 6.17. The minimum absolute atomic E-state index is 0.0668. The van der Waals surface area contributed by atoms with Gasteiger partial charge >= 0.3 is 5.97 Å². The molecule has 4 nitrogen and oxygen atoms in total. The molecule has 2 rings (SSSR count). The van der Waals surface area contributed by atoms with Crippen molar-refractivity contribution in [2.75, 3.05) is 7.11 Å². The van der Waals surface area contributed by atoms with Crippen LogP contribution in [0.2, 0.25) is 0 Å². The highest BCUT2D eigenvalue weighted by Crippen LogP contribution is 2.43. The molecule has 2 N–H and O–H groups in total. The topological polar surface area (TPSA) is 66.8 Å². The highest BCUT2D eigenvalue weighted by Gasteiger charge is 2.50. The van der Waals surface area contributed by atoms with E-state index in [2.05, 4.69) is 0 Å². The summed E-state index contributed by atoms with van der Waals surface area (Å²) in [6.07, 6.45) is 8.47. The molecule has 0 radical (unpaired) electrons. The smallest absolute Gasteiger partial charge is 0.336 e. The van der Waals surface area contributed by atoms with E-state index < -0.39 is 11.6 Å². The Kier molecular flexibility index (Phi) is 4.85. The maximum absolute atomic E-state index is 11.7. The summed E-state index contributed by atoms with van der Waals surface area (Å²) >= 11 is 0. The largest absolute Gasteiger partial charge is 0.479 e. The molecule has 2 fully saturated rings. The Balaban J connectivity index is 2.08. The molecule has 110 valence electrons. The predicted molar refractivity (Wildman–Crippen MR) is 71.9 cm³/mol. The van der Waals surface area contributed by atoms with Crippen molar-refractivity contribution < 1.29 is 19.7 Å². The molecule has 0 aromatic carbocycles. The molecule has 2 saturated carbocycles. The number of aliphatic hydroxyl groups is 1. The van der Waals surface area contributed by atoms with Crippen molar-refractivity contribution >= 4 is 5.97 Å². The first-order valence-corrected chi connectivity index (χ1v) is 7.57. The van der Waals surface area contributed by atoms with Crippen LogP contribution in [0.5, 0.6) is 0 Å². The van der Waals surface area contributed by atoms with Gasteiger partial charge in [-0.05, 0) is 50.4 Å². The van der Waals surface area contributed by atoms with Crippen molar-refractivity contribution in [3.05, 3.63) is 0 Å². The van der Waals surface area contributed by atoms with E-state index in [9.17, 15) is 15.0 Å². The zero-order valence-corrected chi connectivity index (χ0v) is 11.8. The Bertz CT molecular complexity index is 303. The van der Waals surface area contributed by atoms with Gasteiger partial charge in [0, 0.05) is 7.11 Å². The molecule has 1 atom stereocenters. The van der Waals surface area contributed by atoms with E-state index in [1.807, 2.05) is 0 Å². The number of hydrogen-bond acceptors (Lipinski definition) is 3. The van der Waals surface area contributed by atoms with Crippen molar-refractivity contribution in [3.63, 3.8) is 0 Å². The number of carboxylic acid groups (broad SMARTS) is 1. The quantitative estimate of drug-likeness (QED) is 0.824. The fourth-order valence-corrected chi connectivity index (χ4v) is 3.96. The Morgan fingerprint density at radius 1 is 1.00 bits per heavy atom. The van der Waals surface area contributed by atoms with Crippen LogP contribution in [0.25, 0.3) is 0 Å². The van der Waals surface area contributed by atoms with Gasteiger partial charge in [0.2, 0.25) is 0 Å². The lowest BCUT2D eigenvalue weighted by atomic mass is 9.66. The first-order chi connectivity index (χ1) is 9.09. The van der Waals surface area contributed by atoms with Crippen LogP contribution >= 0.6 is 0 Å². The van der Waals surface area contributed by atoms with E-state index in [4.69, 9.17) is 4.74 Å². The molecule has 19 heavy (non-hydrogen) atoms. The van der Waals surface area contributed by atoms with Gasteiger partial charge in [-0.1, -0.05) is 19.3 Å². The Hall–Kier alpha value is -0.610. The van der Waals surface area contributed by atoms with Crippen LogP contribution < -0.4 is 0 Å². The van der Waals surface area contributed by atoms with Crippen molar-refractivity contribution in [2.45, 2.75) is 69.5 Å². The lowest BCUT2D eigenvalue weighted by Crippen LogP contribution is -2.53. The third-order valence-electron chi connectivity index (χ3n) is 5.20. The van der Waals surface area contributed by atoms with E-state index in [0.717, 1.165) is 51.4 Å². The predicted octanol–water partition coefficient (Wildman–Crippen LogP) is 2.59. The zero-order valence-electron chi connectivity index (χ0n) is 11.8. The van der Waals surface area contributed by atoms with Gasteiger partial charge in [-0.25, -0.2) is 4.79 Å². The van der Waals surface area contributed by atoms with Crippen LogP contribution in [-0.4, -0.2) is 35.0 Å². The molecule has 2 aliphatic carbocycles. The summed E-state index contributed by atoms with van der Waals surface area (Å²) in [5.41, 5.74) is -1.51. The van der Waals surface area contributed by atoms with Crippen molar-refractivity contribution in [1.82, 2.24) is 0 Å². The lowest BCUT2D eigenvalue weighted by molar-refractivity contribution is -0.179. The molecule has 0 spiro atoms. The van der Waals surface area contributed by atoms with Gasteiger partial charge in [0.05, 0.1) is 6.10 Å². The van der Waals surface area contributed by atoms with Crippen molar-refractivity contribution in [1.29, 1.82) is 0 Å². The van der Waals surface area contributed by atoms with E-state index in [0.29, 0.717) is 0 Å². The number of hydrogen-bond donors (Lipinski definition) is 2. The molecule has 2 aliphatic rings. The first-order valence-electron chi connectivity index (χ1n) is 7.57. The Labute approximate surface area is 115 Å². The number of ether oxygens (including phenoxy) is 1. The van der Waals surface area contributed by atoms with Gasteiger partial charge in [0.25, 0.3) is 0 Å². The average Bonchev–Trinajstić information content (AvgIpc) is 2.47. The average molecular weight is 270 g/mol. The maximum atomic E-state index is 11.7. The molecule has 0 aromatic rings. The van der Waals surface area contributed by atoms with Gasteiger partial charge in [-0.15, -0.1) is 0 Å². The van der Waals surface area contributed by atoms with Gasteiger partial charge < -0.3 is 14.9 Å². The molecule has 0 aromatic heterocycles. The second-order valence-electron chi connectivity index (χ2n) is 6.17. The normalized spacial score (nSPS) is 32.7. The fraction of sp³-hybridized carbons (Fsp3) is 0.933. The minimum atomic E-state index is -1.51. The molecule has 0 amide bonds. The number of methoxy groups -OCH3 is 1. The molecular weight excluding hydrogens is 244 g/mol. The molecule has 0 heterocycles. The summed E-state index contributed by atoms with van der Waals surface area (Å²) in [5, 5.41) is 20.4. The third-order valence-corrected chi connectivity index (χ3v) is 5.20. The fourth-order valence-electron chi connectivity index (χ4n) is 3.96. The van der Waals surface area contributed by atoms with Crippen LogP contribution in [0.3, 0.4) is 0 Å². The summed E-state index contributed by atoms with van der Waals surface area (Å²) in [6.45, 7) is 0. The molecular formula is C15H26O4. The lowest BCUT2D eigenvalue weighted by Gasteiger charge is -2.43. The molecule has 1 unspecified atom stereocenters. The van der Waals surface area contributed by atoms with Gasteiger partial charge in [-0.2, -0.15) is 0 Å². The number of carboxylic acids is 1. The zero-order chi connectivity index (χ0) is 13.9. The summed E-state index contributed by atoms with van der Waals surface area (Å²) in [4.78, 5) is 11.7. The van der Waals surface area contributed by atoms with E-state index in [-0.39, 0.29) is 17.9 Å². The SMILES string of the molecule is COC1CCC(C(O)(C(=O)O)C2CCCCC2)CC1. The number of carbonyl (C=O) groups is 1. The van der Waals surface area contributed by atoms with Gasteiger partial charge in [-0.3, -0.25) is 0 Å². The van der Waals surface area contributed by atoms with E-state index >= 15 is 0 Å². The van der Waals surface area contributed by atoms with Crippen LogP contribution in [0.15, 0.2) is 0 Å². The second kappa shape index (κ2) is 6.23. The summed E-state index contributed by atoms with van der Waals surface area (Å²) in [7, 11) is 1.70. The van der Waals surface area contributed by atoms with Crippen LogP contribution in [0.4, 0.5) is 0 Å². The molecule has 0 aliphatic heterocycles. The molecule has 4 heteroatoms. The summed E-state index contributed by atoms with van der Waals surface area (Å²) < 4.78 is 5.33. The van der Waals surface area contributed by atoms with Crippen LogP contribution in [-0.2, 0) is 9.53 Å². The maximum Gasteiger partial charge on any atom is 0.336 e. The Morgan fingerprint density at radius 2 is 1.53 bits per heavy atom. The monoisotopic (exact) mass is 270 g/mol. The third kappa shape index (κ3) is 2.95. The Morgan fingerprint density at radius 3 is 2.00 bits per heavy atom. The van der Waals surface area contributed by atoms with Gasteiger partial charge in [0.1, 0.15) is 0 Å². The molecule has 0 bridgehead atoms. The van der Waals surface area contributed by atoms with E-state index in [1.54, 1.807) is 7.11 Å². The standard InChI is InChI=1S/C15H26O4/c1-19-13-9-7-12(8-10-13)15(18,14(16)17)11-5-3-2-4-6-11/h11-13,18H,2-10H2,1H3,(H,16,17). The molecule has 0 saturated heterocycles. The summed E-state index contributed by atoms with van der Waals surface area (Å²) in [6, 6.07) is 0. The van der Waals surface area contributed by atoms with Crippen LogP contribution in [0.1, 0.15) is 57.8 Å². The highest BCUT2D eigenvalue weighted by molar-refractivity contribution is 5.78. The number of rotatable bonds is 4. The highest BCUT2D eigenvalue weighted by atomic mass is 16.5. The first kappa shape index (κ1) is 14.8. The van der Waals surface area contributed by atoms with Crippen LogP contribution in [0, 0.1) is 11.8 Å². The van der Waals surface area contributed by atoms with E-state index in [1.165, 1.54) is 6.42 Å². The summed E-state index contributed by atoms with van der Waals surface area (Å²) in [5.74, 6) is -1.19. The van der Waals surface area contributed by atoms with Crippen molar-refractivity contribution in [3.8, 4) is 0 Å². The number of aliphatic carboxylic acids is 1. The minimum Gasteiger partial charge on any atom is -0.479 e. The van der Waals surface area contributed by atoms with Gasteiger partial charge in [0.15, 0.2) is 5.60 Å².